The normalized spacial score (nSPS) is 20.2. The molecule has 4 nitrogen and oxygen atoms in total. The molecule has 1 N–H and O–H groups in total. The predicted octanol–water partition coefficient (Wildman–Crippen LogP) is 8.35. The highest BCUT2D eigenvalue weighted by molar-refractivity contribution is 5.71. The number of ether oxygens (including phenoxy) is 2. The Bertz CT molecular complexity index is 1010. The van der Waals surface area contributed by atoms with Crippen LogP contribution in [0.2, 0.25) is 0 Å². The van der Waals surface area contributed by atoms with Gasteiger partial charge in [0.2, 0.25) is 0 Å². The van der Waals surface area contributed by atoms with Crippen LogP contribution in [-0.4, -0.2) is 36.0 Å². The third-order valence-corrected chi connectivity index (χ3v) is 7.45. The molecule has 0 saturated heterocycles. The summed E-state index contributed by atoms with van der Waals surface area (Å²) in [5, 5.41) is 10.6. The number of hydrogen-bond acceptors (Lipinski definition) is 4. The molecule has 0 aromatic heterocycles. The van der Waals surface area contributed by atoms with E-state index in [0.29, 0.717) is 12.5 Å². The molecule has 3 rings (SSSR count). The van der Waals surface area contributed by atoms with E-state index in [-0.39, 0.29) is 18.0 Å². The third kappa shape index (κ3) is 13.2. The van der Waals surface area contributed by atoms with Crippen molar-refractivity contribution in [1.29, 1.82) is 0 Å². The highest BCUT2D eigenvalue weighted by Crippen LogP contribution is 2.47. The molecule has 0 amide bonds. The summed E-state index contributed by atoms with van der Waals surface area (Å²) in [6.45, 7) is 9.96. The van der Waals surface area contributed by atoms with Gasteiger partial charge < -0.3 is 14.6 Å². The van der Waals surface area contributed by atoms with Crippen molar-refractivity contribution < 1.29 is 19.4 Å². The minimum Gasteiger partial charge on any atom is -0.458 e. The Kier molecular flexibility index (Phi) is 15.1. The van der Waals surface area contributed by atoms with Gasteiger partial charge in [-0.05, 0) is 89.2 Å². The Morgan fingerprint density at radius 2 is 1.88 bits per heavy atom. The molecule has 0 bridgehead atoms. The molecule has 4 heteroatoms. The first-order chi connectivity index (χ1) is 19.2. The molecule has 2 aliphatic carbocycles. The standard InChI is InChI=1S/C34H46O4.C2H6/c1-33(2,3)38-32(36)27-37-26-21-30-18-8-7-16-29(30)17-9-10-19-31(35)20-25-34(23-12-24-34)22-11-15-28-13-5-4-6-14-28;1-2/h4-6,9-10,13-14,17,19,21,29,31,35H,7-8,12,16,18,20,22-27H2,1-3H3;1-2H3/b17-9+,19-10+,30-21+;. The molecule has 220 valence electrons. The van der Waals surface area contributed by atoms with Gasteiger partial charge in [-0.3, -0.25) is 0 Å². The maximum atomic E-state index is 11.8. The van der Waals surface area contributed by atoms with Gasteiger partial charge in [-0.2, -0.15) is 0 Å². The number of benzene rings is 1. The lowest BCUT2D eigenvalue weighted by molar-refractivity contribution is -0.159. The van der Waals surface area contributed by atoms with Crippen LogP contribution in [0, 0.1) is 23.2 Å². The minimum absolute atomic E-state index is 0.0247. The number of carbonyl (C=O) groups is 1. The summed E-state index contributed by atoms with van der Waals surface area (Å²) in [5.74, 6) is 6.74. The summed E-state index contributed by atoms with van der Waals surface area (Å²) in [6, 6.07) is 10.2. The van der Waals surface area contributed by atoms with E-state index in [1.165, 1.54) is 37.7 Å². The van der Waals surface area contributed by atoms with E-state index in [1.54, 1.807) is 0 Å². The van der Waals surface area contributed by atoms with Crippen molar-refractivity contribution in [2.24, 2.45) is 11.3 Å². The van der Waals surface area contributed by atoms with Crippen LogP contribution in [0.1, 0.15) is 104 Å². The summed E-state index contributed by atoms with van der Waals surface area (Å²) >= 11 is 0. The summed E-state index contributed by atoms with van der Waals surface area (Å²) in [4.78, 5) is 11.8. The van der Waals surface area contributed by atoms with Gasteiger partial charge in [0.25, 0.3) is 0 Å². The Balaban J connectivity index is 0.00000274. The van der Waals surface area contributed by atoms with Crippen molar-refractivity contribution in [3.8, 4) is 11.8 Å². The molecule has 2 fully saturated rings. The van der Waals surface area contributed by atoms with Gasteiger partial charge in [-0.15, -0.1) is 0 Å². The highest BCUT2D eigenvalue weighted by Gasteiger charge is 2.35. The van der Waals surface area contributed by atoms with Gasteiger partial charge in [0.05, 0.1) is 12.7 Å². The second-order valence-corrected chi connectivity index (χ2v) is 11.8. The Labute approximate surface area is 243 Å². The van der Waals surface area contributed by atoms with Crippen molar-refractivity contribution >= 4 is 5.97 Å². The number of hydrogen-bond donors (Lipinski definition) is 1. The van der Waals surface area contributed by atoms with Gasteiger partial charge >= 0.3 is 5.97 Å². The smallest absolute Gasteiger partial charge is 0.332 e. The third-order valence-electron chi connectivity index (χ3n) is 7.45. The van der Waals surface area contributed by atoms with Crippen LogP contribution in [0.4, 0.5) is 0 Å². The Morgan fingerprint density at radius 3 is 2.55 bits per heavy atom. The summed E-state index contributed by atoms with van der Waals surface area (Å²) < 4.78 is 10.8. The zero-order chi connectivity index (χ0) is 29.3. The molecule has 2 aliphatic rings. The number of aliphatic hydroxyl groups is 1. The minimum atomic E-state index is -0.491. The average molecular weight is 549 g/mol. The summed E-state index contributed by atoms with van der Waals surface area (Å²) in [6.07, 6.45) is 20.9. The summed E-state index contributed by atoms with van der Waals surface area (Å²) in [5.41, 5.74) is 2.23. The number of allylic oxidation sites excluding steroid dienone is 4. The SMILES string of the molecule is CC.CC(C)(C)OC(=O)COC/C=C1\CCCCC1/C=C/C=C/C(O)CCC1(CC#Cc2ccccc2)CCC1. The molecule has 0 spiro atoms. The van der Waals surface area contributed by atoms with Crippen molar-refractivity contribution in [1.82, 2.24) is 0 Å². The largest absolute Gasteiger partial charge is 0.458 e. The van der Waals surface area contributed by atoms with Crippen molar-refractivity contribution in [3.05, 3.63) is 71.8 Å². The molecular formula is C36H52O4. The molecular weight excluding hydrogens is 496 g/mol. The van der Waals surface area contributed by atoms with E-state index in [9.17, 15) is 9.90 Å². The zero-order valence-electron chi connectivity index (χ0n) is 25.6. The number of aliphatic hydroxyl groups excluding tert-OH is 1. The molecule has 2 unspecified atom stereocenters. The molecule has 2 saturated carbocycles. The second kappa shape index (κ2) is 17.9. The van der Waals surface area contributed by atoms with Gasteiger partial charge in [0.1, 0.15) is 12.2 Å². The average Bonchev–Trinajstić information content (AvgIpc) is 2.91. The molecule has 0 aliphatic heterocycles. The van der Waals surface area contributed by atoms with E-state index in [0.717, 1.165) is 37.7 Å². The van der Waals surface area contributed by atoms with Gasteiger partial charge in [-0.25, -0.2) is 4.79 Å². The molecule has 0 radical (unpaired) electrons. The van der Waals surface area contributed by atoms with Crippen LogP contribution in [0.15, 0.2) is 66.3 Å². The fourth-order valence-electron chi connectivity index (χ4n) is 5.20. The fourth-order valence-corrected chi connectivity index (χ4v) is 5.20. The maximum Gasteiger partial charge on any atom is 0.332 e. The van der Waals surface area contributed by atoms with E-state index in [1.807, 2.05) is 65.0 Å². The zero-order valence-corrected chi connectivity index (χ0v) is 25.6. The Morgan fingerprint density at radius 1 is 1.12 bits per heavy atom. The lowest BCUT2D eigenvalue weighted by atomic mass is 9.64. The lowest BCUT2D eigenvalue weighted by Crippen LogP contribution is -2.30. The molecule has 1 aromatic carbocycles. The number of carbonyl (C=O) groups excluding carboxylic acids is 1. The van der Waals surface area contributed by atoms with Crippen molar-refractivity contribution in [3.63, 3.8) is 0 Å². The number of esters is 1. The van der Waals surface area contributed by atoms with E-state index < -0.39 is 11.7 Å². The maximum absolute atomic E-state index is 11.8. The van der Waals surface area contributed by atoms with E-state index in [2.05, 4.69) is 42.2 Å². The fraction of sp³-hybridized carbons (Fsp3) is 0.583. The van der Waals surface area contributed by atoms with Crippen LogP contribution >= 0.6 is 0 Å². The Hall–Kier alpha value is -2.61. The highest BCUT2D eigenvalue weighted by atomic mass is 16.6. The first-order valence-electron chi connectivity index (χ1n) is 15.3. The van der Waals surface area contributed by atoms with Crippen molar-refractivity contribution in [2.45, 2.75) is 111 Å². The van der Waals surface area contributed by atoms with Crippen LogP contribution in [0.5, 0.6) is 0 Å². The summed E-state index contributed by atoms with van der Waals surface area (Å²) in [7, 11) is 0. The quantitative estimate of drug-likeness (QED) is 0.0992. The molecule has 0 heterocycles. The van der Waals surface area contributed by atoms with Gasteiger partial charge in [-0.1, -0.05) is 92.7 Å². The van der Waals surface area contributed by atoms with Crippen LogP contribution in [0.25, 0.3) is 0 Å². The monoisotopic (exact) mass is 548 g/mol. The van der Waals surface area contributed by atoms with Crippen LogP contribution in [-0.2, 0) is 14.3 Å². The lowest BCUT2D eigenvalue weighted by Gasteiger charge is -2.41. The van der Waals surface area contributed by atoms with E-state index >= 15 is 0 Å². The first kappa shape index (κ1) is 33.6. The first-order valence-corrected chi connectivity index (χ1v) is 15.3. The van der Waals surface area contributed by atoms with Crippen molar-refractivity contribution in [2.75, 3.05) is 13.2 Å². The van der Waals surface area contributed by atoms with Gasteiger partial charge in [0, 0.05) is 12.0 Å². The van der Waals surface area contributed by atoms with Crippen LogP contribution < -0.4 is 0 Å². The topological polar surface area (TPSA) is 55.8 Å². The number of rotatable bonds is 11. The molecule has 40 heavy (non-hydrogen) atoms. The molecule has 2 atom stereocenters. The van der Waals surface area contributed by atoms with Crippen LogP contribution in [0.3, 0.4) is 0 Å². The van der Waals surface area contributed by atoms with Gasteiger partial charge in [0.15, 0.2) is 0 Å². The molecule has 1 aromatic rings. The van der Waals surface area contributed by atoms with E-state index in [4.69, 9.17) is 9.47 Å². The second-order valence-electron chi connectivity index (χ2n) is 11.8. The predicted molar refractivity (Wildman–Crippen MR) is 166 cm³/mol.